The number of methoxy groups -OCH3 is 1. The van der Waals surface area contributed by atoms with Crippen molar-refractivity contribution in [1.82, 2.24) is 20.1 Å². The van der Waals surface area contributed by atoms with E-state index in [1.165, 1.54) is 11.1 Å². The van der Waals surface area contributed by atoms with E-state index in [2.05, 4.69) is 56.3 Å². The van der Waals surface area contributed by atoms with Gasteiger partial charge in [-0.3, -0.25) is 4.79 Å². The fourth-order valence-corrected chi connectivity index (χ4v) is 6.28. The number of hydrogen-bond donors (Lipinski definition) is 0. The van der Waals surface area contributed by atoms with Gasteiger partial charge in [0.25, 0.3) is 0 Å². The fraction of sp³-hybridized carbons (Fsp3) is 0.500. The highest BCUT2D eigenvalue weighted by atomic mass is 16.6. The van der Waals surface area contributed by atoms with Gasteiger partial charge in [0.1, 0.15) is 16.8 Å². The average molecular weight is 462 g/mol. The summed E-state index contributed by atoms with van der Waals surface area (Å²) in [6.07, 6.45) is 2.99. The van der Waals surface area contributed by atoms with Gasteiger partial charge in [-0.05, 0) is 77.9 Å². The van der Waals surface area contributed by atoms with Crippen LogP contribution >= 0.6 is 0 Å². The summed E-state index contributed by atoms with van der Waals surface area (Å²) in [7, 11) is 3.94. The average Bonchev–Trinajstić information content (AvgIpc) is 3.35. The van der Waals surface area contributed by atoms with Crippen molar-refractivity contribution >= 4 is 22.6 Å². The number of likely N-dealkylation sites (tertiary alicyclic amines) is 1. The van der Waals surface area contributed by atoms with Gasteiger partial charge < -0.3 is 19.4 Å². The lowest BCUT2D eigenvalue weighted by Crippen LogP contribution is -2.56. The number of nitrogens with zero attached hydrogens (tertiary/aromatic N) is 5. The summed E-state index contributed by atoms with van der Waals surface area (Å²) < 4.78 is 10.5. The van der Waals surface area contributed by atoms with Gasteiger partial charge in [-0.25, -0.2) is 4.63 Å². The number of rotatable bonds is 3. The van der Waals surface area contributed by atoms with Gasteiger partial charge in [-0.15, -0.1) is 0 Å². The van der Waals surface area contributed by atoms with Crippen molar-refractivity contribution < 1.29 is 14.2 Å². The maximum absolute atomic E-state index is 13.6. The van der Waals surface area contributed by atoms with Gasteiger partial charge in [0.15, 0.2) is 0 Å². The summed E-state index contributed by atoms with van der Waals surface area (Å²) >= 11 is 0. The molecule has 0 saturated carbocycles. The number of aromatic nitrogens is 2. The van der Waals surface area contributed by atoms with Crippen LogP contribution in [0.15, 0.2) is 41.0 Å². The normalized spacial score (nSPS) is 25.2. The number of hydrogen-bond acceptors (Lipinski definition) is 7. The Hall–Kier alpha value is -3.13. The van der Waals surface area contributed by atoms with Crippen LogP contribution in [0.2, 0.25) is 0 Å². The molecule has 2 aliphatic heterocycles. The quantitative estimate of drug-likeness (QED) is 0.594. The summed E-state index contributed by atoms with van der Waals surface area (Å²) in [5.74, 6) is 1.85. The molecule has 1 aromatic heterocycles. The second kappa shape index (κ2) is 8.58. The number of carbonyl (C=O) groups excluding carboxylic acids is 1. The summed E-state index contributed by atoms with van der Waals surface area (Å²) in [6, 6.07) is 12.9. The van der Waals surface area contributed by atoms with Crippen LogP contribution in [0.3, 0.4) is 0 Å². The van der Waals surface area contributed by atoms with Crippen molar-refractivity contribution in [3.63, 3.8) is 0 Å². The van der Waals surface area contributed by atoms with E-state index in [4.69, 9.17) is 9.37 Å². The zero-order valence-electron chi connectivity index (χ0n) is 19.8. The lowest BCUT2D eigenvalue weighted by Gasteiger charge is -2.47. The van der Waals surface area contributed by atoms with Crippen LogP contribution in [0.1, 0.15) is 17.5 Å². The van der Waals surface area contributed by atoms with Crippen LogP contribution < -0.4 is 9.64 Å². The number of carbonyl (C=O) groups is 1. The van der Waals surface area contributed by atoms with Gasteiger partial charge in [0, 0.05) is 44.5 Å². The Kier molecular flexibility index (Phi) is 5.40. The Morgan fingerprint density at radius 2 is 1.88 bits per heavy atom. The first kappa shape index (κ1) is 21.4. The highest BCUT2D eigenvalue weighted by molar-refractivity contribution is 5.80. The van der Waals surface area contributed by atoms with E-state index >= 15 is 0 Å². The zero-order valence-corrected chi connectivity index (χ0v) is 19.8. The molecule has 1 aliphatic carbocycles. The standard InChI is InChI=1S/C26H31N5O3/c1-29-16-19(12-18-13-21-17(14-24(18)29)4-3-5-25(21)33-2)26(32)31-10-8-30(9-11-31)20-6-7-22-23(15-20)28-34-27-22/h3-7,15,18-19,24H,8-14,16H2,1-2H3/t18-,19-,24-/m1/s1. The predicted octanol–water partition coefficient (Wildman–Crippen LogP) is 2.62. The summed E-state index contributed by atoms with van der Waals surface area (Å²) in [6.45, 7) is 3.98. The van der Waals surface area contributed by atoms with E-state index in [9.17, 15) is 4.79 Å². The van der Waals surface area contributed by atoms with E-state index < -0.39 is 0 Å². The van der Waals surface area contributed by atoms with E-state index in [1.807, 2.05) is 12.1 Å². The molecule has 0 spiro atoms. The van der Waals surface area contributed by atoms with E-state index in [-0.39, 0.29) is 5.92 Å². The number of fused-ring (bicyclic) bond motifs is 3. The second-order valence-electron chi connectivity index (χ2n) is 9.96. The van der Waals surface area contributed by atoms with Crippen LogP contribution in [-0.2, 0) is 17.6 Å². The number of amides is 1. The number of piperidine rings is 1. The molecule has 178 valence electrons. The zero-order chi connectivity index (χ0) is 23.2. The Labute approximate surface area is 199 Å². The third kappa shape index (κ3) is 3.70. The first-order chi connectivity index (χ1) is 16.6. The molecule has 0 N–H and O–H groups in total. The molecular weight excluding hydrogens is 430 g/mol. The number of likely N-dealkylation sites (N-methyl/N-ethyl adjacent to an activating group) is 1. The van der Waals surface area contributed by atoms with Gasteiger partial charge in [0.05, 0.1) is 13.0 Å². The Morgan fingerprint density at radius 3 is 2.71 bits per heavy atom. The van der Waals surface area contributed by atoms with E-state index in [1.54, 1.807) is 7.11 Å². The summed E-state index contributed by atoms with van der Waals surface area (Å²) in [5.41, 5.74) is 5.36. The molecule has 6 rings (SSSR count). The lowest BCUT2D eigenvalue weighted by atomic mass is 9.72. The van der Waals surface area contributed by atoms with Crippen molar-refractivity contribution in [3.8, 4) is 5.75 Å². The first-order valence-electron chi connectivity index (χ1n) is 12.2. The molecule has 8 heteroatoms. The highest BCUT2D eigenvalue weighted by Gasteiger charge is 2.41. The minimum Gasteiger partial charge on any atom is -0.496 e. The number of benzene rings is 2. The van der Waals surface area contributed by atoms with Crippen LogP contribution in [0.25, 0.3) is 11.0 Å². The molecule has 2 fully saturated rings. The SMILES string of the molecule is COc1cccc2c1C[C@H]1C[C@@H](C(=O)N3CCN(c4ccc5nonc5c4)CC3)CN(C)[C@@H]1C2. The van der Waals surface area contributed by atoms with E-state index in [0.717, 1.165) is 74.5 Å². The molecule has 0 unspecified atom stereocenters. The highest BCUT2D eigenvalue weighted by Crippen LogP contribution is 2.40. The predicted molar refractivity (Wildman–Crippen MR) is 129 cm³/mol. The van der Waals surface area contributed by atoms with Crippen LogP contribution in [0.5, 0.6) is 5.75 Å². The molecule has 0 radical (unpaired) electrons. The third-order valence-corrected chi connectivity index (χ3v) is 8.09. The number of ether oxygens (including phenoxy) is 1. The van der Waals surface area contributed by atoms with Crippen molar-refractivity contribution in [1.29, 1.82) is 0 Å². The van der Waals surface area contributed by atoms with Crippen molar-refractivity contribution in [2.24, 2.45) is 11.8 Å². The second-order valence-corrected chi connectivity index (χ2v) is 9.96. The van der Waals surface area contributed by atoms with Crippen molar-refractivity contribution in [3.05, 3.63) is 47.5 Å². The molecule has 2 saturated heterocycles. The van der Waals surface area contributed by atoms with Gasteiger partial charge >= 0.3 is 0 Å². The van der Waals surface area contributed by atoms with Gasteiger partial charge in [-0.1, -0.05) is 12.1 Å². The van der Waals surface area contributed by atoms with E-state index in [0.29, 0.717) is 17.9 Å². The molecule has 8 nitrogen and oxygen atoms in total. The maximum Gasteiger partial charge on any atom is 0.227 e. The Bertz CT molecular complexity index is 1200. The van der Waals surface area contributed by atoms with Gasteiger partial charge in [-0.2, -0.15) is 0 Å². The third-order valence-electron chi connectivity index (χ3n) is 8.09. The Morgan fingerprint density at radius 1 is 1.06 bits per heavy atom. The number of anilines is 1. The Balaban J connectivity index is 1.11. The molecular formula is C26H31N5O3. The molecule has 3 atom stereocenters. The molecule has 1 amide bonds. The largest absolute Gasteiger partial charge is 0.496 e. The van der Waals surface area contributed by atoms with Crippen molar-refractivity contribution in [2.75, 3.05) is 51.8 Å². The topological polar surface area (TPSA) is 74.9 Å². The van der Waals surface area contributed by atoms with Crippen LogP contribution in [-0.4, -0.2) is 78.9 Å². The minimum absolute atomic E-state index is 0.0617. The molecule has 34 heavy (non-hydrogen) atoms. The van der Waals surface area contributed by atoms with Gasteiger partial charge in [0.2, 0.25) is 5.91 Å². The molecule has 3 heterocycles. The molecule has 3 aliphatic rings. The first-order valence-corrected chi connectivity index (χ1v) is 12.2. The maximum atomic E-state index is 13.6. The number of piperazine rings is 1. The summed E-state index contributed by atoms with van der Waals surface area (Å²) in [5, 5.41) is 7.83. The van der Waals surface area contributed by atoms with Crippen molar-refractivity contribution in [2.45, 2.75) is 25.3 Å². The van der Waals surface area contributed by atoms with Crippen LogP contribution in [0, 0.1) is 11.8 Å². The smallest absolute Gasteiger partial charge is 0.227 e. The molecule has 0 bridgehead atoms. The fourth-order valence-electron chi connectivity index (χ4n) is 6.28. The monoisotopic (exact) mass is 461 g/mol. The molecule has 3 aromatic rings. The lowest BCUT2D eigenvalue weighted by molar-refractivity contribution is -0.139. The molecule has 2 aromatic carbocycles. The van der Waals surface area contributed by atoms with Crippen LogP contribution in [0.4, 0.5) is 5.69 Å². The minimum atomic E-state index is 0.0617. The summed E-state index contributed by atoms with van der Waals surface area (Å²) in [4.78, 5) is 20.4.